The van der Waals surface area contributed by atoms with Crippen LogP contribution in [0.25, 0.3) is 0 Å². The van der Waals surface area contributed by atoms with E-state index in [1.807, 2.05) is 26.0 Å². The molecule has 1 rings (SSSR count). The van der Waals surface area contributed by atoms with Gasteiger partial charge in [0.05, 0.1) is 0 Å². The summed E-state index contributed by atoms with van der Waals surface area (Å²) < 4.78 is 11.1. The van der Waals surface area contributed by atoms with Gasteiger partial charge in [-0.25, -0.2) is 0 Å². The van der Waals surface area contributed by atoms with Crippen molar-refractivity contribution >= 4 is 0 Å². The number of ether oxygens (including phenoxy) is 2. The predicted octanol–water partition coefficient (Wildman–Crippen LogP) is 2.16. The molecule has 0 aromatic heterocycles. The minimum absolute atomic E-state index is 0.253. The van der Waals surface area contributed by atoms with E-state index >= 15 is 0 Å². The molecule has 1 aliphatic rings. The van der Waals surface area contributed by atoms with Gasteiger partial charge < -0.3 is 15.2 Å². The third kappa shape index (κ3) is 3.93. The normalized spacial score (nSPS) is 16.0. The first-order valence-corrected chi connectivity index (χ1v) is 5.81. The van der Waals surface area contributed by atoms with Crippen molar-refractivity contribution in [1.29, 1.82) is 0 Å². The molecule has 90 valence electrons. The van der Waals surface area contributed by atoms with Gasteiger partial charge in [-0.3, -0.25) is 0 Å². The Morgan fingerprint density at radius 2 is 2.00 bits per heavy atom. The van der Waals surface area contributed by atoms with Gasteiger partial charge in [0.2, 0.25) is 0 Å². The van der Waals surface area contributed by atoms with Crippen LogP contribution in [0.3, 0.4) is 0 Å². The summed E-state index contributed by atoms with van der Waals surface area (Å²) in [4.78, 5) is 0. The zero-order valence-corrected chi connectivity index (χ0v) is 10.1. The Morgan fingerprint density at radius 3 is 2.56 bits per heavy atom. The summed E-state index contributed by atoms with van der Waals surface area (Å²) in [6, 6.07) is 0. The molecule has 16 heavy (non-hydrogen) atoms. The maximum absolute atomic E-state index is 5.62. The lowest BCUT2D eigenvalue weighted by molar-refractivity contribution is -0.109. The van der Waals surface area contributed by atoms with Crippen molar-refractivity contribution < 1.29 is 9.47 Å². The van der Waals surface area contributed by atoms with Crippen LogP contribution in [0.1, 0.15) is 20.3 Å². The van der Waals surface area contributed by atoms with Crippen molar-refractivity contribution in [3.63, 3.8) is 0 Å². The molecule has 0 fully saturated rings. The molecule has 0 bridgehead atoms. The lowest BCUT2D eigenvalue weighted by Crippen LogP contribution is -2.19. The first-order valence-electron chi connectivity index (χ1n) is 5.81. The zero-order chi connectivity index (χ0) is 11.8. The summed E-state index contributed by atoms with van der Waals surface area (Å²) in [7, 11) is 0. The van der Waals surface area contributed by atoms with Crippen molar-refractivity contribution in [3.8, 4) is 0 Å². The van der Waals surface area contributed by atoms with E-state index in [1.165, 1.54) is 5.57 Å². The summed E-state index contributed by atoms with van der Waals surface area (Å²) in [5.74, 6) is 0. The second-order valence-electron chi connectivity index (χ2n) is 3.54. The average molecular weight is 223 g/mol. The summed E-state index contributed by atoms with van der Waals surface area (Å²) in [5.41, 5.74) is 7.91. The highest BCUT2D eigenvalue weighted by Crippen LogP contribution is 2.17. The summed E-state index contributed by atoms with van der Waals surface area (Å²) in [6.45, 7) is 5.83. The molecular weight excluding hydrogens is 202 g/mol. The van der Waals surface area contributed by atoms with Crippen molar-refractivity contribution in [2.75, 3.05) is 19.8 Å². The highest BCUT2D eigenvalue weighted by molar-refractivity contribution is 5.32. The van der Waals surface area contributed by atoms with Crippen LogP contribution in [0.2, 0.25) is 0 Å². The third-order valence-electron chi connectivity index (χ3n) is 2.39. The number of allylic oxidation sites excluding steroid dienone is 3. The summed E-state index contributed by atoms with van der Waals surface area (Å²) >= 11 is 0. The third-order valence-corrected chi connectivity index (χ3v) is 2.39. The van der Waals surface area contributed by atoms with Crippen molar-refractivity contribution in [2.24, 2.45) is 5.73 Å². The smallest absolute Gasteiger partial charge is 0.183 e. The van der Waals surface area contributed by atoms with Gasteiger partial charge in [0, 0.05) is 25.3 Å². The lowest BCUT2D eigenvalue weighted by Gasteiger charge is -2.17. The van der Waals surface area contributed by atoms with Gasteiger partial charge in [0.15, 0.2) is 6.29 Å². The molecule has 0 aromatic carbocycles. The fraction of sp³-hybridized carbons (Fsp3) is 0.538. The fourth-order valence-corrected chi connectivity index (χ4v) is 1.55. The molecular formula is C13H21NO2. The monoisotopic (exact) mass is 223 g/mol. The number of rotatable bonds is 6. The van der Waals surface area contributed by atoms with E-state index in [2.05, 4.69) is 12.2 Å². The van der Waals surface area contributed by atoms with E-state index in [-0.39, 0.29) is 6.29 Å². The van der Waals surface area contributed by atoms with Gasteiger partial charge in [-0.2, -0.15) is 0 Å². The SMILES string of the molecule is CCOC(OCC)C1=CCC(CN)=CC=C1. The van der Waals surface area contributed by atoms with Gasteiger partial charge in [0.1, 0.15) is 0 Å². The topological polar surface area (TPSA) is 44.5 Å². The number of nitrogens with two attached hydrogens (primary N) is 1. The molecule has 3 heteroatoms. The standard InChI is InChI=1S/C13H21NO2/c1-3-15-13(16-4-2)12-7-5-6-11(10-14)8-9-12/h5-7,9,13H,3-4,8,10,14H2,1-2H3. The van der Waals surface area contributed by atoms with E-state index in [4.69, 9.17) is 15.2 Å². The molecule has 2 N–H and O–H groups in total. The molecule has 3 nitrogen and oxygen atoms in total. The van der Waals surface area contributed by atoms with E-state index in [0.29, 0.717) is 19.8 Å². The molecule has 0 spiro atoms. The second kappa shape index (κ2) is 7.39. The van der Waals surface area contributed by atoms with Gasteiger partial charge >= 0.3 is 0 Å². The average Bonchev–Trinajstić information content (AvgIpc) is 2.53. The van der Waals surface area contributed by atoms with Crippen LogP contribution in [-0.2, 0) is 9.47 Å². The van der Waals surface area contributed by atoms with Crippen LogP contribution < -0.4 is 5.73 Å². The van der Waals surface area contributed by atoms with Crippen LogP contribution in [0.4, 0.5) is 0 Å². The number of hydrogen-bond acceptors (Lipinski definition) is 3. The first kappa shape index (κ1) is 13.2. The molecule has 0 aliphatic heterocycles. The van der Waals surface area contributed by atoms with Gasteiger partial charge in [-0.15, -0.1) is 0 Å². The molecule has 0 unspecified atom stereocenters. The van der Waals surface area contributed by atoms with Crippen LogP contribution in [0, 0.1) is 0 Å². The molecule has 0 atom stereocenters. The van der Waals surface area contributed by atoms with Crippen LogP contribution in [0.5, 0.6) is 0 Å². The highest BCUT2D eigenvalue weighted by Gasteiger charge is 2.12. The summed E-state index contributed by atoms with van der Waals surface area (Å²) in [5, 5.41) is 0. The summed E-state index contributed by atoms with van der Waals surface area (Å²) in [6.07, 6.45) is 8.83. The second-order valence-corrected chi connectivity index (χ2v) is 3.54. The fourth-order valence-electron chi connectivity index (χ4n) is 1.55. The minimum atomic E-state index is -0.253. The van der Waals surface area contributed by atoms with Gasteiger partial charge in [0.25, 0.3) is 0 Å². The zero-order valence-electron chi connectivity index (χ0n) is 10.1. The Labute approximate surface area is 97.6 Å². The van der Waals surface area contributed by atoms with Gasteiger partial charge in [-0.1, -0.05) is 29.9 Å². The van der Waals surface area contributed by atoms with E-state index in [0.717, 1.165) is 12.0 Å². The first-order chi connectivity index (χ1) is 7.81. The Kier molecular flexibility index (Phi) is 6.08. The molecule has 0 radical (unpaired) electrons. The highest BCUT2D eigenvalue weighted by atomic mass is 16.7. The van der Waals surface area contributed by atoms with Crippen molar-refractivity contribution in [3.05, 3.63) is 35.5 Å². The molecule has 0 saturated carbocycles. The molecule has 0 saturated heterocycles. The lowest BCUT2D eigenvalue weighted by atomic mass is 10.1. The van der Waals surface area contributed by atoms with Crippen LogP contribution in [0.15, 0.2) is 35.5 Å². The molecule has 0 amide bonds. The van der Waals surface area contributed by atoms with Gasteiger partial charge in [-0.05, 0) is 20.3 Å². The van der Waals surface area contributed by atoms with E-state index < -0.39 is 0 Å². The van der Waals surface area contributed by atoms with E-state index in [9.17, 15) is 0 Å². The van der Waals surface area contributed by atoms with Crippen molar-refractivity contribution in [1.82, 2.24) is 0 Å². The Bertz CT molecular complexity index is 286. The molecule has 0 aromatic rings. The molecule has 0 heterocycles. The van der Waals surface area contributed by atoms with E-state index in [1.54, 1.807) is 0 Å². The Balaban J connectivity index is 2.68. The molecule has 1 aliphatic carbocycles. The van der Waals surface area contributed by atoms with Crippen LogP contribution >= 0.6 is 0 Å². The maximum atomic E-state index is 5.62. The Hall–Kier alpha value is -0.900. The maximum Gasteiger partial charge on any atom is 0.183 e. The largest absolute Gasteiger partial charge is 0.349 e. The van der Waals surface area contributed by atoms with Crippen molar-refractivity contribution in [2.45, 2.75) is 26.6 Å². The van der Waals surface area contributed by atoms with Crippen LogP contribution in [-0.4, -0.2) is 26.0 Å². The number of hydrogen-bond donors (Lipinski definition) is 1. The quantitative estimate of drug-likeness (QED) is 0.702. The predicted molar refractivity (Wildman–Crippen MR) is 66.0 cm³/mol. The minimum Gasteiger partial charge on any atom is -0.349 e. The Morgan fingerprint density at radius 1 is 1.31 bits per heavy atom.